The average molecular weight is 460 g/mol. The van der Waals surface area contributed by atoms with Gasteiger partial charge in [0.25, 0.3) is 5.91 Å². The van der Waals surface area contributed by atoms with Gasteiger partial charge in [0.1, 0.15) is 0 Å². The average Bonchev–Trinajstić information content (AvgIpc) is 3.43. The maximum absolute atomic E-state index is 13.0. The van der Waals surface area contributed by atoms with E-state index in [-0.39, 0.29) is 24.1 Å². The molecular weight excluding hydrogens is 438 g/mol. The van der Waals surface area contributed by atoms with Crippen LogP contribution in [0.3, 0.4) is 0 Å². The molecule has 2 aliphatic heterocycles. The van der Waals surface area contributed by atoms with Crippen LogP contribution in [0.15, 0.2) is 72.8 Å². The second kappa shape index (κ2) is 8.71. The summed E-state index contributed by atoms with van der Waals surface area (Å²) in [5.74, 6) is -0.847. The SMILES string of the molecule is O=C(Nc1ccc(C(=O)N2CCc3ccccc32)cc1)C1CC(=O)N(c2cccc(Cl)c2)C1. The Hall–Kier alpha value is -3.64. The molecule has 1 N–H and O–H groups in total. The molecule has 2 aliphatic rings. The minimum atomic E-state index is -0.459. The molecule has 1 fully saturated rings. The third kappa shape index (κ3) is 4.22. The molecule has 33 heavy (non-hydrogen) atoms. The number of nitrogens with one attached hydrogen (secondary N) is 1. The summed E-state index contributed by atoms with van der Waals surface area (Å²) in [4.78, 5) is 41.6. The molecular formula is C26H22ClN3O3. The molecule has 1 unspecified atom stereocenters. The van der Waals surface area contributed by atoms with Gasteiger partial charge in [-0.05, 0) is 60.5 Å². The summed E-state index contributed by atoms with van der Waals surface area (Å²) in [5, 5.41) is 3.41. The zero-order chi connectivity index (χ0) is 22.9. The molecule has 1 saturated heterocycles. The number of carbonyl (C=O) groups excluding carboxylic acids is 3. The predicted octanol–water partition coefficient (Wildman–Crippen LogP) is 4.53. The molecule has 0 radical (unpaired) electrons. The molecule has 0 aromatic heterocycles. The molecule has 3 aromatic rings. The normalized spacial score (nSPS) is 17.2. The van der Waals surface area contributed by atoms with Gasteiger partial charge in [-0.1, -0.05) is 35.9 Å². The third-order valence-electron chi connectivity index (χ3n) is 6.15. The van der Waals surface area contributed by atoms with Gasteiger partial charge in [-0.15, -0.1) is 0 Å². The fourth-order valence-corrected chi connectivity index (χ4v) is 4.61. The number of rotatable bonds is 4. The summed E-state index contributed by atoms with van der Waals surface area (Å²) in [7, 11) is 0. The van der Waals surface area contributed by atoms with E-state index in [1.165, 1.54) is 5.56 Å². The largest absolute Gasteiger partial charge is 0.326 e. The molecule has 7 heteroatoms. The van der Waals surface area contributed by atoms with Crippen molar-refractivity contribution in [3.8, 4) is 0 Å². The molecule has 3 amide bonds. The number of amides is 3. The molecule has 1 atom stereocenters. The Morgan fingerprint density at radius 3 is 2.55 bits per heavy atom. The Balaban J connectivity index is 1.23. The van der Waals surface area contributed by atoms with Gasteiger partial charge >= 0.3 is 0 Å². The molecule has 0 aliphatic carbocycles. The van der Waals surface area contributed by atoms with Crippen LogP contribution in [0.5, 0.6) is 0 Å². The highest BCUT2D eigenvalue weighted by Crippen LogP contribution is 2.30. The first kappa shape index (κ1) is 21.2. The Morgan fingerprint density at radius 1 is 0.970 bits per heavy atom. The zero-order valence-corrected chi connectivity index (χ0v) is 18.6. The number of carbonyl (C=O) groups is 3. The lowest BCUT2D eigenvalue weighted by Crippen LogP contribution is -2.29. The smallest absolute Gasteiger partial charge is 0.258 e. The van der Waals surface area contributed by atoms with Gasteiger partial charge < -0.3 is 15.1 Å². The number of halogens is 1. The van der Waals surface area contributed by atoms with Crippen LogP contribution in [-0.4, -0.2) is 30.8 Å². The minimum absolute atomic E-state index is 0.0589. The number of hydrogen-bond acceptors (Lipinski definition) is 3. The summed E-state index contributed by atoms with van der Waals surface area (Å²) in [6, 6.07) is 21.8. The summed E-state index contributed by atoms with van der Waals surface area (Å²) in [5.41, 5.74) is 3.97. The van der Waals surface area contributed by atoms with Gasteiger partial charge in [0, 0.05) is 47.2 Å². The molecule has 3 aromatic carbocycles. The van der Waals surface area contributed by atoms with E-state index >= 15 is 0 Å². The first-order chi connectivity index (χ1) is 16.0. The Kier molecular flexibility index (Phi) is 5.60. The van der Waals surface area contributed by atoms with Crippen LogP contribution in [0.2, 0.25) is 5.02 Å². The van der Waals surface area contributed by atoms with E-state index in [1.807, 2.05) is 24.3 Å². The van der Waals surface area contributed by atoms with Crippen molar-refractivity contribution >= 4 is 46.4 Å². The Labute approximate surface area is 196 Å². The van der Waals surface area contributed by atoms with Gasteiger partial charge in [0.15, 0.2) is 0 Å². The monoisotopic (exact) mass is 459 g/mol. The van der Waals surface area contributed by atoms with Crippen LogP contribution in [0, 0.1) is 5.92 Å². The lowest BCUT2D eigenvalue weighted by Gasteiger charge is -2.18. The van der Waals surface area contributed by atoms with E-state index in [1.54, 1.807) is 58.3 Å². The highest BCUT2D eigenvalue weighted by Gasteiger charge is 2.35. The van der Waals surface area contributed by atoms with Crippen molar-refractivity contribution in [3.63, 3.8) is 0 Å². The molecule has 0 bridgehead atoms. The summed E-state index contributed by atoms with van der Waals surface area (Å²) < 4.78 is 0. The first-order valence-corrected chi connectivity index (χ1v) is 11.2. The van der Waals surface area contributed by atoms with E-state index in [4.69, 9.17) is 11.6 Å². The fourth-order valence-electron chi connectivity index (χ4n) is 4.42. The molecule has 6 nitrogen and oxygen atoms in total. The van der Waals surface area contributed by atoms with Crippen molar-refractivity contribution in [1.29, 1.82) is 0 Å². The molecule has 0 saturated carbocycles. The number of benzene rings is 3. The van der Waals surface area contributed by atoms with Gasteiger partial charge in [0.05, 0.1) is 5.92 Å². The van der Waals surface area contributed by atoms with E-state index in [9.17, 15) is 14.4 Å². The van der Waals surface area contributed by atoms with Gasteiger partial charge in [-0.3, -0.25) is 14.4 Å². The quantitative estimate of drug-likeness (QED) is 0.623. The van der Waals surface area contributed by atoms with Crippen LogP contribution >= 0.6 is 11.6 Å². The van der Waals surface area contributed by atoms with Crippen LogP contribution in [-0.2, 0) is 16.0 Å². The van der Waals surface area contributed by atoms with Crippen molar-refractivity contribution in [2.24, 2.45) is 5.92 Å². The Morgan fingerprint density at radius 2 is 1.76 bits per heavy atom. The lowest BCUT2D eigenvalue weighted by atomic mass is 10.1. The second-order valence-corrected chi connectivity index (χ2v) is 8.72. The topological polar surface area (TPSA) is 69.7 Å². The fraction of sp³-hybridized carbons (Fsp3) is 0.192. The van der Waals surface area contributed by atoms with Crippen molar-refractivity contribution in [2.75, 3.05) is 28.2 Å². The van der Waals surface area contributed by atoms with E-state index < -0.39 is 5.92 Å². The zero-order valence-electron chi connectivity index (χ0n) is 17.8. The summed E-state index contributed by atoms with van der Waals surface area (Å²) in [6.45, 7) is 0.964. The van der Waals surface area contributed by atoms with Crippen LogP contribution in [0.4, 0.5) is 17.1 Å². The summed E-state index contributed by atoms with van der Waals surface area (Å²) in [6.07, 6.45) is 0.992. The highest BCUT2D eigenvalue weighted by atomic mass is 35.5. The van der Waals surface area contributed by atoms with Crippen molar-refractivity contribution in [1.82, 2.24) is 0 Å². The number of fused-ring (bicyclic) bond motifs is 1. The minimum Gasteiger partial charge on any atom is -0.326 e. The van der Waals surface area contributed by atoms with Crippen molar-refractivity contribution in [3.05, 3.63) is 88.9 Å². The van der Waals surface area contributed by atoms with E-state index in [2.05, 4.69) is 5.32 Å². The third-order valence-corrected chi connectivity index (χ3v) is 6.38. The first-order valence-electron chi connectivity index (χ1n) is 10.9. The van der Waals surface area contributed by atoms with E-state index in [0.717, 1.165) is 12.1 Å². The maximum Gasteiger partial charge on any atom is 0.258 e. The van der Waals surface area contributed by atoms with Gasteiger partial charge in [-0.25, -0.2) is 0 Å². The van der Waals surface area contributed by atoms with Gasteiger partial charge in [0.2, 0.25) is 11.8 Å². The molecule has 5 rings (SSSR count). The van der Waals surface area contributed by atoms with Crippen LogP contribution < -0.4 is 15.1 Å². The number of hydrogen-bond donors (Lipinski definition) is 1. The standard InChI is InChI=1S/C26H22ClN3O3/c27-20-5-3-6-22(15-20)30-16-19(14-24(30)31)25(32)28-21-10-8-18(9-11-21)26(33)29-13-12-17-4-1-2-7-23(17)29/h1-11,15,19H,12-14,16H2,(H,28,32). The number of nitrogens with zero attached hydrogens (tertiary/aromatic N) is 2. The predicted molar refractivity (Wildman–Crippen MR) is 129 cm³/mol. The molecule has 2 heterocycles. The van der Waals surface area contributed by atoms with Crippen LogP contribution in [0.25, 0.3) is 0 Å². The van der Waals surface area contributed by atoms with Gasteiger partial charge in [-0.2, -0.15) is 0 Å². The lowest BCUT2D eigenvalue weighted by molar-refractivity contribution is -0.122. The second-order valence-electron chi connectivity index (χ2n) is 8.29. The highest BCUT2D eigenvalue weighted by molar-refractivity contribution is 6.31. The maximum atomic E-state index is 13.0. The Bertz CT molecular complexity index is 1240. The molecule has 0 spiro atoms. The summed E-state index contributed by atoms with van der Waals surface area (Å²) >= 11 is 6.03. The number of para-hydroxylation sites is 1. The number of anilines is 3. The molecule has 166 valence electrons. The van der Waals surface area contributed by atoms with E-state index in [0.29, 0.717) is 35.1 Å². The van der Waals surface area contributed by atoms with Crippen LogP contribution in [0.1, 0.15) is 22.3 Å². The van der Waals surface area contributed by atoms with Crippen molar-refractivity contribution in [2.45, 2.75) is 12.8 Å². The van der Waals surface area contributed by atoms with Crippen molar-refractivity contribution < 1.29 is 14.4 Å².